The van der Waals surface area contributed by atoms with E-state index in [1.165, 1.54) is 5.56 Å². The van der Waals surface area contributed by atoms with Crippen LogP contribution in [-0.4, -0.2) is 67.6 Å². The first-order valence-corrected chi connectivity index (χ1v) is 11.1. The Balaban J connectivity index is 0.00000280. The molecule has 1 fully saturated rings. The molecule has 0 radical (unpaired) electrons. The lowest BCUT2D eigenvalue weighted by molar-refractivity contribution is -0.149. The molecule has 1 unspecified atom stereocenters. The van der Waals surface area contributed by atoms with Gasteiger partial charge in [0.05, 0.1) is 19.1 Å². The van der Waals surface area contributed by atoms with Crippen molar-refractivity contribution in [3.05, 3.63) is 21.9 Å². The maximum Gasteiger partial charge on any atom is 0.310 e. The van der Waals surface area contributed by atoms with Gasteiger partial charge in [0.2, 0.25) is 0 Å². The molecule has 6 nitrogen and oxygen atoms in total. The van der Waals surface area contributed by atoms with Crippen LogP contribution in [0.15, 0.2) is 16.4 Å². The van der Waals surface area contributed by atoms with Crippen molar-refractivity contribution in [2.75, 3.05) is 45.9 Å². The van der Waals surface area contributed by atoms with Gasteiger partial charge >= 0.3 is 5.97 Å². The molecule has 8 heteroatoms. The van der Waals surface area contributed by atoms with E-state index in [0.29, 0.717) is 13.2 Å². The quantitative estimate of drug-likeness (QED) is 0.271. The fraction of sp³-hybridized carbons (Fsp3) is 0.700. The summed E-state index contributed by atoms with van der Waals surface area (Å²) in [6.07, 6.45) is 3.07. The van der Waals surface area contributed by atoms with Gasteiger partial charge in [-0.25, -0.2) is 0 Å². The fourth-order valence-corrected chi connectivity index (χ4v) is 4.73. The molecule has 2 aliphatic rings. The van der Waals surface area contributed by atoms with Crippen LogP contribution >= 0.6 is 35.3 Å². The highest BCUT2D eigenvalue weighted by molar-refractivity contribution is 14.0. The average Bonchev–Trinajstić information content (AvgIpc) is 3.15. The number of esters is 1. The Bertz CT molecular complexity index is 652. The Labute approximate surface area is 189 Å². The Hall–Kier alpha value is -0.870. The van der Waals surface area contributed by atoms with Crippen LogP contribution in [-0.2, 0) is 22.5 Å². The first kappa shape index (κ1) is 23.4. The predicted octanol–water partition coefficient (Wildman–Crippen LogP) is 2.96. The van der Waals surface area contributed by atoms with Crippen molar-refractivity contribution < 1.29 is 9.53 Å². The highest BCUT2D eigenvalue weighted by Gasteiger charge is 2.28. The average molecular weight is 520 g/mol. The van der Waals surface area contributed by atoms with Crippen molar-refractivity contribution in [2.24, 2.45) is 10.9 Å². The van der Waals surface area contributed by atoms with Gasteiger partial charge in [0, 0.05) is 44.1 Å². The summed E-state index contributed by atoms with van der Waals surface area (Å²) in [5.41, 5.74) is 1.48. The monoisotopic (exact) mass is 520 g/mol. The second kappa shape index (κ2) is 12.0. The molecule has 1 atom stereocenters. The summed E-state index contributed by atoms with van der Waals surface area (Å²) in [4.78, 5) is 23.2. The number of hydrogen-bond acceptors (Lipinski definition) is 5. The van der Waals surface area contributed by atoms with Gasteiger partial charge in [-0.2, -0.15) is 0 Å². The van der Waals surface area contributed by atoms with Crippen LogP contribution < -0.4 is 5.32 Å². The third kappa shape index (κ3) is 6.32. The molecular weight excluding hydrogens is 487 g/mol. The minimum absolute atomic E-state index is 0. The van der Waals surface area contributed by atoms with Gasteiger partial charge in [-0.05, 0) is 50.1 Å². The van der Waals surface area contributed by atoms with E-state index in [9.17, 15) is 4.79 Å². The molecule has 2 aliphatic heterocycles. The number of guanidine groups is 1. The van der Waals surface area contributed by atoms with E-state index >= 15 is 0 Å². The van der Waals surface area contributed by atoms with Gasteiger partial charge in [0.1, 0.15) is 0 Å². The number of ether oxygens (including phenoxy) is 1. The molecule has 0 aromatic carbocycles. The van der Waals surface area contributed by atoms with Gasteiger partial charge in [-0.3, -0.25) is 14.7 Å². The van der Waals surface area contributed by atoms with Crippen LogP contribution in [0.25, 0.3) is 0 Å². The Kier molecular flexibility index (Phi) is 10.0. The molecule has 0 aliphatic carbocycles. The first-order valence-electron chi connectivity index (χ1n) is 10.2. The molecule has 3 heterocycles. The van der Waals surface area contributed by atoms with Crippen LogP contribution in [0.5, 0.6) is 0 Å². The number of carbonyl (C=O) groups excluding carboxylic acids is 1. The predicted molar refractivity (Wildman–Crippen MR) is 126 cm³/mol. The zero-order valence-electron chi connectivity index (χ0n) is 17.0. The van der Waals surface area contributed by atoms with Crippen molar-refractivity contribution in [3.63, 3.8) is 0 Å². The molecule has 3 rings (SSSR count). The lowest BCUT2D eigenvalue weighted by atomic mass is 9.98. The lowest BCUT2D eigenvalue weighted by Crippen LogP contribution is -2.48. The largest absolute Gasteiger partial charge is 0.466 e. The smallest absolute Gasteiger partial charge is 0.310 e. The van der Waals surface area contributed by atoms with E-state index in [4.69, 9.17) is 9.73 Å². The SMILES string of the molecule is CCNC(=NCCN1CCc2sccc2C1)N1CCCC(C(=O)OCC)C1.I. The number of piperidine rings is 1. The summed E-state index contributed by atoms with van der Waals surface area (Å²) < 4.78 is 5.22. The van der Waals surface area contributed by atoms with Crippen LogP contribution in [0.4, 0.5) is 0 Å². The highest BCUT2D eigenvalue weighted by atomic mass is 127. The zero-order valence-corrected chi connectivity index (χ0v) is 20.1. The fourth-order valence-electron chi connectivity index (χ4n) is 3.84. The second-order valence-electron chi connectivity index (χ2n) is 7.17. The lowest BCUT2D eigenvalue weighted by Gasteiger charge is -2.34. The van der Waals surface area contributed by atoms with E-state index in [1.54, 1.807) is 4.88 Å². The third-order valence-electron chi connectivity index (χ3n) is 5.24. The molecule has 28 heavy (non-hydrogen) atoms. The van der Waals surface area contributed by atoms with Gasteiger partial charge in [-0.1, -0.05) is 0 Å². The molecule has 158 valence electrons. The van der Waals surface area contributed by atoms with Crippen LogP contribution in [0.2, 0.25) is 0 Å². The number of rotatable bonds is 6. The number of hydrogen-bond donors (Lipinski definition) is 1. The number of likely N-dealkylation sites (tertiary alicyclic amines) is 1. The number of thiophene rings is 1. The van der Waals surface area contributed by atoms with Crippen LogP contribution in [0.3, 0.4) is 0 Å². The Morgan fingerprint density at radius 3 is 3.04 bits per heavy atom. The molecule has 1 aromatic heterocycles. The minimum Gasteiger partial charge on any atom is -0.466 e. The summed E-state index contributed by atoms with van der Waals surface area (Å²) in [6, 6.07) is 2.25. The minimum atomic E-state index is -0.0714. The maximum absolute atomic E-state index is 12.1. The molecule has 0 saturated carbocycles. The van der Waals surface area contributed by atoms with E-state index in [1.807, 2.05) is 18.3 Å². The Morgan fingerprint density at radius 2 is 2.25 bits per heavy atom. The summed E-state index contributed by atoms with van der Waals surface area (Å²) in [6.45, 7) is 10.8. The summed E-state index contributed by atoms with van der Waals surface area (Å²) in [5, 5.41) is 5.60. The van der Waals surface area contributed by atoms with Crippen molar-refractivity contribution in [1.82, 2.24) is 15.1 Å². The van der Waals surface area contributed by atoms with Gasteiger partial charge in [-0.15, -0.1) is 35.3 Å². The third-order valence-corrected chi connectivity index (χ3v) is 6.26. The molecule has 1 saturated heterocycles. The Morgan fingerprint density at radius 1 is 1.39 bits per heavy atom. The molecule has 0 spiro atoms. The van der Waals surface area contributed by atoms with Gasteiger partial charge in [0.15, 0.2) is 5.96 Å². The number of carbonyl (C=O) groups is 1. The van der Waals surface area contributed by atoms with E-state index in [0.717, 1.165) is 64.5 Å². The molecule has 0 amide bonds. The van der Waals surface area contributed by atoms with Crippen molar-refractivity contribution in [3.8, 4) is 0 Å². The van der Waals surface area contributed by atoms with E-state index in [2.05, 4.69) is 33.5 Å². The molecule has 1 aromatic rings. The normalized spacial score (nSPS) is 20.3. The number of nitrogens with one attached hydrogen (secondary N) is 1. The van der Waals surface area contributed by atoms with Crippen LogP contribution in [0, 0.1) is 5.92 Å². The van der Waals surface area contributed by atoms with Crippen molar-refractivity contribution in [2.45, 2.75) is 39.7 Å². The maximum atomic E-state index is 12.1. The highest BCUT2D eigenvalue weighted by Crippen LogP contribution is 2.23. The van der Waals surface area contributed by atoms with Gasteiger partial charge < -0.3 is 15.0 Å². The standard InChI is InChI=1S/C20H32N4O2S.HI/c1-3-21-20(24-10-5-6-17(15-24)19(25)26-4-2)22-9-12-23-11-7-18-16(14-23)8-13-27-18;/h8,13,17H,3-7,9-12,14-15H2,1-2H3,(H,21,22);1H. The van der Waals surface area contributed by atoms with Crippen LogP contribution in [0.1, 0.15) is 37.1 Å². The summed E-state index contributed by atoms with van der Waals surface area (Å²) in [5.74, 6) is 0.819. The topological polar surface area (TPSA) is 57.2 Å². The van der Waals surface area contributed by atoms with E-state index < -0.39 is 0 Å². The number of aliphatic imine (C=N–C) groups is 1. The number of nitrogens with zero attached hydrogens (tertiary/aromatic N) is 3. The first-order chi connectivity index (χ1) is 13.2. The summed E-state index contributed by atoms with van der Waals surface area (Å²) >= 11 is 1.88. The zero-order chi connectivity index (χ0) is 19.1. The summed E-state index contributed by atoms with van der Waals surface area (Å²) in [7, 11) is 0. The van der Waals surface area contributed by atoms with E-state index in [-0.39, 0.29) is 35.9 Å². The van der Waals surface area contributed by atoms with Gasteiger partial charge in [0.25, 0.3) is 0 Å². The van der Waals surface area contributed by atoms with Crippen molar-refractivity contribution >= 4 is 47.2 Å². The second-order valence-corrected chi connectivity index (χ2v) is 8.17. The number of fused-ring (bicyclic) bond motifs is 1. The molecule has 0 bridgehead atoms. The molecule has 1 N–H and O–H groups in total. The molecular formula is C20H33IN4O2S. The number of halogens is 1. The van der Waals surface area contributed by atoms with Crippen molar-refractivity contribution in [1.29, 1.82) is 0 Å².